The van der Waals surface area contributed by atoms with Gasteiger partial charge in [-0.1, -0.05) is 6.07 Å². The van der Waals surface area contributed by atoms with Crippen molar-refractivity contribution in [3.05, 3.63) is 46.5 Å². The molecule has 1 fully saturated rings. The monoisotopic (exact) mass is 332 g/mol. The average Bonchev–Trinajstić information content (AvgIpc) is 3.27. The minimum Gasteiger partial charge on any atom is -0.459 e. The molecule has 1 saturated heterocycles. The van der Waals surface area contributed by atoms with Gasteiger partial charge in [-0.2, -0.15) is 0 Å². The molecule has 1 N–H and O–H groups in total. The van der Waals surface area contributed by atoms with Gasteiger partial charge in [0.2, 0.25) is 5.91 Å². The standard InChI is InChI=1S/C17H20N2O3S/c1-12(15-7-4-10-23-15)18-16(20)13-5-2-8-19(11-13)17(21)14-6-3-9-22-14/h3-4,6-7,9-10,12-13H,2,5,8,11H2,1H3,(H,18,20)/t12-,13+/m1/s1. The van der Waals surface area contributed by atoms with Crippen molar-refractivity contribution in [1.29, 1.82) is 0 Å². The molecule has 0 bridgehead atoms. The normalized spacial score (nSPS) is 19.3. The summed E-state index contributed by atoms with van der Waals surface area (Å²) in [5, 5.41) is 5.06. The summed E-state index contributed by atoms with van der Waals surface area (Å²) >= 11 is 1.63. The van der Waals surface area contributed by atoms with Gasteiger partial charge in [0.1, 0.15) is 0 Å². The third-order valence-electron chi connectivity index (χ3n) is 4.14. The number of carbonyl (C=O) groups excluding carboxylic acids is 2. The lowest BCUT2D eigenvalue weighted by Crippen LogP contribution is -2.45. The van der Waals surface area contributed by atoms with Crippen molar-refractivity contribution in [3.8, 4) is 0 Å². The van der Waals surface area contributed by atoms with Crippen molar-refractivity contribution in [2.24, 2.45) is 5.92 Å². The number of hydrogen-bond acceptors (Lipinski definition) is 4. The van der Waals surface area contributed by atoms with E-state index in [0.717, 1.165) is 17.7 Å². The van der Waals surface area contributed by atoms with Crippen LogP contribution in [0.1, 0.15) is 41.2 Å². The maximum atomic E-state index is 12.5. The van der Waals surface area contributed by atoms with E-state index >= 15 is 0 Å². The number of nitrogens with one attached hydrogen (secondary N) is 1. The average molecular weight is 332 g/mol. The first-order valence-electron chi connectivity index (χ1n) is 7.81. The van der Waals surface area contributed by atoms with E-state index in [4.69, 9.17) is 4.42 Å². The Morgan fingerprint density at radius 3 is 2.96 bits per heavy atom. The van der Waals surface area contributed by atoms with E-state index in [1.54, 1.807) is 28.4 Å². The zero-order valence-corrected chi connectivity index (χ0v) is 13.8. The van der Waals surface area contributed by atoms with Crippen molar-refractivity contribution >= 4 is 23.2 Å². The number of piperidine rings is 1. The summed E-state index contributed by atoms with van der Waals surface area (Å²) in [6.45, 7) is 3.10. The van der Waals surface area contributed by atoms with Crippen molar-refractivity contribution in [1.82, 2.24) is 10.2 Å². The van der Waals surface area contributed by atoms with Gasteiger partial charge >= 0.3 is 0 Å². The van der Waals surface area contributed by atoms with Gasteiger partial charge in [0.05, 0.1) is 18.2 Å². The molecule has 0 unspecified atom stereocenters. The Hall–Kier alpha value is -2.08. The molecule has 0 aromatic carbocycles. The van der Waals surface area contributed by atoms with Crippen LogP contribution in [0, 0.1) is 5.92 Å². The largest absolute Gasteiger partial charge is 0.459 e. The third-order valence-corrected chi connectivity index (χ3v) is 5.20. The van der Waals surface area contributed by atoms with E-state index in [9.17, 15) is 9.59 Å². The van der Waals surface area contributed by atoms with Gasteiger partial charge in [0.25, 0.3) is 5.91 Å². The second-order valence-electron chi connectivity index (χ2n) is 5.81. The van der Waals surface area contributed by atoms with Crippen molar-refractivity contribution in [2.75, 3.05) is 13.1 Å². The number of amides is 2. The van der Waals surface area contributed by atoms with Crippen molar-refractivity contribution in [3.63, 3.8) is 0 Å². The number of likely N-dealkylation sites (tertiary alicyclic amines) is 1. The Labute approximate surface area is 139 Å². The molecule has 1 aliphatic heterocycles. The number of furan rings is 1. The first-order chi connectivity index (χ1) is 11.1. The molecule has 6 heteroatoms. The predicted molar refractivity (Wildman–Crippen MR) is 88.2 cm³/mol. The Kier molecular flexibility index (Phi) is 4.81. The van der Waals surface area contributed by atoms with Crippen LogP contribution in [-0.4, -0.2) is 29.8 Å². The first-order valence-corrected chi connectivity index (χ1v) is 8.69. The third kappa shape index (κ3) is 3.64. The van der Waals surface area contributed by atoms with Crippen LogP contribution in [-0.2, 0) is 4.79 Å². The van der Waals surface area contributed by atoms with Gasteiger partial charge < -0.3 is 14.6 Å². The van der Waals surface area contributed by atoms with E-state index in [0.29, 0.717) is 18.8 Å². The second kappa shape index (κ2) is 7.00. The van der Waals surface area contributed by atoms with Gasteiger partial charge in [-0.25, -0.2) is 0 Å². The van der Waals surface area contributed by atoms with E-state index in [1.165, 1.54) is 6.26 Å². The van der Waals surface area contributed by atoms with Crippen molar-refractivity contribution in [2.45, 2.75) is 25.8 Å². The fourth-order valence-corrected chi connectivity index (χ4v) is 3.61. The number of nitrogens with zero attached hydrogens (tertiary/aromatic N) is 1. The molecule has 2 atom stereocenters. The molecule has 3 heterocycles. The van der Waals surface area contributed by atoms with Crippen LogP contribution < -0.4 is 5.32 Å². The first kappa shape index (κ1) is 15.8. The lowest BCUT2D eigenvalue weighted by Gasteiger charge is -2.32. The number of carbonyl (C=O) groups is 2. The Bertz CT molecular complexity index is 651. The zero-order chi connectivity index (χ0) is 16.2. The lowest BCUT2D eigenvalue weighted by atomic mass is 9.96. The quantitative estimate of drug-likeness (QED) is 0.936. The fraction of sp³-hybridized carbons (Fsp3) is 0.412. The molecule has 0 spiro atoms. The highest BCUT2D eigenvalue weighted by Crippen LogP contribution is 2.22. The van der Waals surface area contributed by atoms with Crippen LogP contribution in [0.15, 0.2) is 40.3 Å². The van der Waals surface area contributed by atoms with Gasteiger partial charge in [-0.15, -0.1) is 11.3 Å². The summed E-state index contributed by atoms with van der Waals surface area (Å²) in [6.07, 6.45) is 3.13. The molecule has 1 aliphatic rings. The van der Waals surface area contributed by atoms with Crippen LogP contribution >= 0.6 is 11.3 Å². The highest BCUT2D eigenvalue weighted by atomic mass is 32.1. The van der Waals surface area contributed by atoms with Crippen LogP contribution in [0.2, 0.25) is 0 Å². The van der Waals surface area contributed by atoms with Gasteiger partial charge in [0.15, 0.2) is 5.76 Å². The lowest BCUT2D eigenvalue weighted by molar-refractivity contribution is -0.127. The predicted octanol–water partition coefficient (Wildman–Crippen LogP) is 3.07. The van der Waals surface area contributed by atoms with E-state index in [1.807, 2.05) is 24.4 Å². The number of thiophene rings is 1. The summed E-state index contributed by atoms with van der Waals surface area (Å²) < 4.78 is 5.17. The maximum absolute atomic E-state index is 12.5. The van der Waals surface area contributed by atoms with Crippen LogP contribution in [0.25, 0.3) is 0 Å². The molecule has 2 aromatic heterocycles. The number of hydrogen-bond donors (Lipinski definition) is 1. The Morgan fingerprint density at radius 2 is 2.26 bits per heavy atom. The van der Waals surface area contributed by atoms with E-state index < -0.39 is 0 Å². The molecule has 2 amide bonds. The molecule has 122 valence electrons. The Morgan fingerprint density at radius 1 is 1.39 bits per heavy atom. The van der Waals surface area contributed by atoms with Crippen LogP contribution in [0.3, 0.4) is 0 Å². The molecular formula is C17H20N2O3S. The Balaban J connectivity index is 1.59. The fourth-order valence-electron chi connectivity index (χ4n) is 2.87. The molecule has 0 saturated carbocycles. The van der Waals surface area contributed by atoms with Crippen LogP contribution in [0.5, 0.6) is 0 Å². The summed E-state index contributed by atoms with van der Waals surface area (Å²) in [4.78, 5) is 27.7. The number of rotatable bonds is 4. The topological polar surface area (TPSA) is 62.6 Å². The minimum absolute atomic E-state index is 0.00125. The summed E-state index contributed by atoms with van der Waals surface area (Å²) in [6, 6.07) is 7.35. The molecule has 5 nitrogen and oxygen atoms in total. The zero-order valence-electron chi connectivity index (χ0n) is 13.0. The summed E-state index contributed by atoms with van der Waals surface area (Å²) in [7, 11) is 0. The second-order valence-corrected chi connectivity index (χ2v) is 6.79. The molecule has 23 heavy (non-hydrogen) atoms. The van der Waals surface area contributed by atoms with E-state index in [-0.39, 0.29) is 23.8 Å². The molecule has 0 aliphatic carbocycles. The summed E-state index contributed by atoms with van der Waals surface area (Å²) in [5.41, 5.74) is 0. The van der Waals surface area contributed by atoms with E-state index in [2.05, 4.69) is 5.32 Å². The highest BCUT2D eigenvalue weighted by Gasteiger charge is 2.30. The van der Waals surface area contributed by atoms with Crippen molar-refractivity contribution < 1.29 is 14.0 Å². The smallest absolute Gasteiger partial charge is 0.289 e. The minimum atomic E-state index is -0.162. The maximum Gasteiger partial charge on any atom is 0.289 e. The molecular weight excluding hydrogens is 312 g/mol. The molecule has 2 aromatic rings. The van der Waals surface area contributed by atoms with Gasteiger partial charge in [-0.05, 0) is 43.3 Å². The van der Waals surface area contributed by atoms with Gasteiger partial charge in [0, 0.05) is 18.0 Å². The molecule has 0 radical (unpaired) electrons. The highest BCUT2D eigenvalue weighted by molar-refractivity contribution is 7.10. The SMILES string of the molecule is C[C@@H](NC(=O)[C@H]1CCCN(C(=O)c2ccco2)C1)c1cccs1. The van der Waals surface area contributed by atoms with Crippen LogP contribution in [0.4, 0.5) is 0 Å². The summed E-state index contributed by atoms with van der Waals surface area (Å²) in [5.74, 6) is 0.0461. The molecule has 3 rings (SSSR count). The van der Waals surface area contributed by atoms with Gasteiger partial charge in [-0.3, -0.25) is 9.59 Å².